The molecule has 188 valence electrons. The Labute approximate surface area is 189 Å². The Morgan fingerprint density at radius 3 is 1.50 bits per heavy atom. The average Bonchev–Trinajstić information content (AvgIpc) is 2.71. The van der Waals surface area contributed by atoms with Crippen LogP contribution < -0.4 is 0 Å². The molecule has 0 fully saturated rings. The predicted octanol–water partition coefficient (Wildman–Crippen LogP) is 6.00. The van der Waals surface area contributed by atoms with Crippen molar-refractivity contribution in [3.05, 3.63) is 0 Å². The molecule has 0 radical (unpaired) electrons. The average molecular weight is 465 g/mol. The Balaban J connectivity index is 4.16. The molecule has 0 spiro atoms. The fourth-order valence-corrected chi connectivity index (χ4v) is 3.53. The maximum atomic E-state index is 10.9. The molecular formula is C22H40O10. The van der Waals surface area contributed by atoms with Crippen LogP contribution in [0.25, 0.3) is 0 Å². The minimum Gasteiger partial charge on any atom is -0.450 e. The Morgan fingerprint density at radius 2 is 1.12 bits per heavy atom. The molecule has 0 aromatic heterocycles. The fourth-order valence-electron chi connectivity index (χ4n) is 3.53. The number of hydrogen-bond donors (Lipinski definition) is 4. The van der Waals surface area contributed by atoms with Gasteiger partial charge < -0.3 is 34.6 Å². The van der Waals surface area contributed by atoms with Gasteiger partial charge in [-0.2, -0.15) is 0 Å². The molecule has 32 heavy (non-hydrogen) atoms. The molecule has 2 unspecified atom stereocenters. The number of unbranched alkanes of at least 4 members (excludes halogenated alkanes) is 13. The lowest BCUT2D eigenvalue weighted by molar-refractivity contribution is -0.252. The van der Waals surface area contributed by atoms with E-state index >= 15 is 0 Å². The molecule has 0 aliphatic heterocycles. The van der Waals surface area contributed by atoms with Crippen molar-refractivity contribution in [1.29, 1.82) is 0 Å². The Bertz CT molecular complexity index is 525. The van der Waals surface area contributed by atoms with Gasteiger partial charge >= 0.3 is 18.5 Å². The smallest absolute Gasteiger partial charge is 0.450 e. The lowest BCUT2D eigenvalue weighted by atomic mass is 10.0. The van der Waals surface area contributed by atoms with E-state index in [4.69, 9.17) is 15.3 Å². The summed E-state index contributed by atoms with van der Waals surface area (Å²) in [6, 6.07) is 0. The van der Waals surface area contributed by atoms with Crippen LogP contribution in [0.3, 0.4) is 0 Å². The van der Waals surface area contributed by atoms with E-state index in [0.717, 1.165) is 25.7 Å². The third-order valence-electron chi connectivity index (χ3n) is 5.23. The number of hydrogen-bond acceptors (Lipinski definition) is 7. The van der Waals surface area contributed by atoms with E-state index < -0.39 is 37.0 Å². The Morgan fingerprint density at radius 1 is 0.688 bits per heavy atom. The van der Waals surface area contributed by atoms with E-state index in [1.807, 2.05) is 0 Å². The van der Waals surface area contributed by atoms with Crippen LogP contribution in [-0.4, -0.2) is 57.4 Å². The first-order chi connectivity index (χ1) is 15.2. The molecule has 0 aromatic rings. The van der Waals surface area contributed by atoms with Crippen molar-refractivity contribution in [2.75, 3.05) is 6.61 Å². The molecule has 0 saturated heterocycles. The Kier molecular flexibility index (Phi) is 17.1. The zero-order valence-corrected chi connectivity index (χ0v) is 19.1. The van der Waals surface area contributed by atoms with Crippen LogP contribution >= 0.6 is 0 Å². The molecule has 10 heteroatoms. The highest BCUT2D eigenvalue weighted by molar-refractivity contribution is 5.59. The number of rotatable bonds is 20. The molecule has 4 N–H and O–H groups in total. The van der Waals surface area contributed by atoms with Gasteiger partial charge in [-0.1, -0.05) is 90.4 Å². The van der Waals surface area contributed by atoms with Crippen molar-refractivity contribution in [3.8, 4) is 0 Å². The first kappa shape index (κ1) is 29.8. The normalized spacial score (nSPS) is 13.7. The molecule has 0 heterocycles. The minimum absolute atomic E-state index is 0.0446. The maximum Gasteiger partial charge on any atom is 0.508 e. The van der Waals surface area contributed by atoms with E-state index in [2.05, 4.69) is 21.1 Å². The molecular weight excluding hydrogens is 424 g/mol. The van der Waals surface area contributed by atoms with Crippen LogP contribution in [0.4, 0.5) is 14.4 Å². The second kappa shape index (κ2) is 18.4. The molecule has 0 aliphatic carbocycles. The Hall–Kier alpha value is -2.23. The van der Waals surface area contributed by atoms with Crippen molar-refractivity contribution in [1.82, 2.24) is 0 Å². The molecule has 0 aromatic carbocycles. The molecule has 10 nitrogen and oxygen atoms in total. The fraction of sp³-hybridized carbons (Fsp3) is 0.864. The van der Waals surface area contributed by atoms with Gasteiger partial charge in [0.05, 0.1) is 0 Å². The number of ether oxygens (including phenoxy) is 3. The monoisotopic (exact) mass is 464 g/mol. The summed E-state index contributed by atoms with van der Waals surface area (Å²) in [5, 5.41) is 36.6. The quantitative estimate of drug-likeness (QED) is 0.0728. The van der Waals surface area contributed by atoms with E-state index in [1.165, 1.54) is 57.8 Å². The third kappa shape index (κ3) is 16.5. The number of aliphatic hydroxyl groups is 1. The van der Waals surface area contributed by atoms with Crippen LogP contribution in [0.5, 0.6) is 0 Å². The van der Waals surface area contributed by atoms with Gasteiger partial charge in [-0.25, -0.2) is 14.4 Å². The summed E-state index contributed by atoms with van der Waals surface area (Å²) in [4.78, 5) is 32.4. The topological polar surface area (TPSA) is 160 Å². The molecule has 0 aliphatic rings. The molecule has 0 saturated carbocycles. The lowest BCUT2D eigenvalue weighted by Gasteiger charge is -2.32. The van der Waals surface area contributed by atoms with Gasteiger partial charge in [0.15, 0.2) is 12.7 Å². The van der Waals surface area contributed by atoms with E-state index in [1.54, 1.807) is 0 Å². The van der Waals surface area contributed by atoms with Gasteiger partial charge in [0.1, 0.15) is 0 Å². The summed E-state index contributed by atoms with van der Waals surface area (Å²) in [5.74, 6) is -2.76. The second-order valence-corrected chi connectivity index (χ2v) is 8.02. The maximum absolute atomic E-state index is 10.9. The lowest BCUT2D eigenvalue weighted by Crippen LogP contribution is -2.52. The van der Waals surface area contributed by atoms with Gasteiger partial charge in [-0.15, -0.1) is 0 Å². The molecule has 0 rings (SSSR count). The summed E-state index contributed by atoms with van der Waals surface area (Å²) in [5.41, 5.74) is 0. The van der Waals surface area contributed by atoms with Crippen LogP contribution in [0.2, 0.25) is 0 Å². The molecule has 0 bridgehead atoms. The van der Waals surface area contributed by atoms with Crippen LogP contribution in [-0.2, 0) is 14.2 Å². The highest BCUT2D eigenvalue weighted by Gasteiger charge is 2.45. The van der Waals surface area contributed by atoms with Gasteiger partial charge in [0.2, 0.25) is 0 Å². The zero-order chi connectivity index (χ0) is 24.2. The number of carbonyl (C=O) groups is 3. The van der Waals surface area contributed by atoms with E-state index in [9.17, 15) is 19.5 Å². The van der Waals surface area contributed by atoms with E-state index in [0.29, 0.717) is 6.42 Å². The molecule has 2 atom stereocenters. The van der Waals surface area contributed by atoms with Gasteiger partial charge in [-0.3, -0.25) is 0 Å². The summed E-state index contributed by atoms with van der Waals surface area (Å²) < 4.78 is 13.1. The van der Waals surface area contributed by atoms with Crippen molar-refractivity contribution in [2.45, 2.75) is 115 Å². The third-order valence-corrected chi connectivity index (χ3v) is 5.23. The van der Waals surface area contributed by atoms with Crippen molar-refractivity contribution in [3.63, 3.8) is 0 Å². The second-order valence-electron chi connectivity index (χ2n) is 8.02. The largest absolute Gasteiger partial charge is 0.508 e. The molecule has 0 amide bonds. The summed E-state index contributed by atoms with van der Waals surface area (Å²) >= 11 is 0. The van der Waals surface area contributed by atoms with Crippen LogP contribution in [0.1, 0.15) is 103 Å². The van der Waals surface area contributed by atoms with Crippen molar-refractivity contribution in [2.24, 2.45) is 0 Å². The standard InChI is InChI=1S/C22H40O10/c1-2-3-4-5-6-7-8-9-10-11-12-13-14-15-16-18(31-20(25)26)22(29,32-21(27)28)17-30-19(23)24/h18,29H,2-17H2,1H3,(H,23,24)(H,25,26)(H,27,28). The van der Waals surface area contributed by atoms with E-state index in [-0.39, 0.29) is 6.42 Å². The first-order valence-corrected chi connectivity index (χ1v) is 11.6. The van der Waals surface area contributed by atoms with Crippen LogP contribution in [0.15, 0.2) is 0 Å². The summed E-state index contributed by atoms with van der Waals surface area (Å²) in [7, 11) is 0. The first-order valence-electron chi connectivity index (χ1n) is 11.6. The van der Waals surface area contributed by atoms with Gasteiger partial charge in [0, 0.05) is 0 Å². The zero-order valence-electron chi connectivity index (χ0n) is 19.1. The highest BCUT2D eigenvalue weighted by atomic mass is 16.8. The van der Waals surface area contributed by atoms with Crippen molar-refractivity contribution < 1.29 is 49.0 Å². The highest BCUT2D eigenvalue weighted by Crippen LogP contribution is 2.24. The predicted molar refractivity (Wildman–Crippen MR) is 116 cm³/mol. The van der Waals surface area contributed by atoms with Crippen molar-refractivity contribution >= 4 is 18.5 Å². The minimum atomic E-state index is -2.76. The van der Waals surface area contributed by atoms with Gasteiger partial charge in [-0.05, 0) is 12.8 Å². The summed E-state index contributed by atoms with van der Waals surface area (Å²) in [6.07, 6.45) is 8.64. The number of carboxylic acid groups (broad SMARTS) is 3. The van der Waals surface area contributed by atoms with Crippen LogP contribution in [0, 0.1) is 0 Å². The SMILES string of the molecule is CCCCCCCCCCCCCCCCC(OC(=O)O)C(O)(COC(=O)O)OC(=O)O. The van der Waals surface area contributed by atoms with Gasteiger partial charge in [0.25, 0.3) is 5.79 Å². The summed E-state index contributed by atoms with van der Waals surface area (Å²) in [6.45, 7) is 1.11.